The van der Waals surface area contributed by atoms with E-state index < -0.39 is 65.6 Å². The van der Waals surface area contributed by atoms with Gasteiger partial charge in [-0.1, -0.05) is 220 Å². The Labute approximate surface area is 774 Å². The van der Waals surface area contributed by atoms with Crippen molar-refractivity contribution in [1.82, 2.24) is 49.8 Å². The molecule has 36 heteroatoms. The first kappa shape index (κ1) is 97.2. The number of anilines is 8. The van der Waals surface area contributed by atoms with Crippen molar-refractivity contribution in [2.75, 3.05) is 49.1 Å². The largest absolute Gasteiger partial charge is 0.481 e. The molecule has 13 N–H and O–H groups in total. The number of carboxylic acid groups (broad SMARTS) is 3. The summed E-state index contributed by atoms with van der Waals surface area (Å²) in [5, 5.41) is 76.3. The number of hydrogen-bond donors (Lipinski definition) is 13. The van der Waals surface area contributed by atoms with Crippen LogP contribution in [-0.2, 0) is 74.8 Å². The molecule has 2 aliphatic rings. The van der Waals surface area contributed by atoms with Crippen LogP contribution in [-0.4, -0.2) is 109 Å². The lowest BCUT2D eigenvalue weighted by Gasteiger charge is -2.24. The van der Waals surface area contributed by atoms with Gasteiger partial charge in [-0.25, -0.2) is 46.7 Å². The van der Waals surface area contributed by atoms with Gasteiger partial charge >= 0.3 is 42.0 Å². The average Bonchev–Trinajstić information content (AvgIpc) is 1.62. The number of carbonyl (C=O) groups excluding carboxylic acids is 4. The van der Waals surface area contributed by atoms with Crippen LogP contribution in [0.1, 0.15) is 146 Å². The Morgan fingerprint density at radius 3 is 1.19 bits per heavy atom. The maximum Gasteiger partial charge on any atom is 0.324 e. The van der Waals surface area contributed by atoms with Crippen LogP contribution in [0.4, 0.5) is 74.0 Å². The predicted octanol–water partition coefficient (Wildman–Crippen LogP) is 22.1. The molecule has 28 nitrogen and oxygen atoms in total. The van der Waals surface area contributed by atoms with Crippen LogP contribution in [0.3, 0.4) is 0 Å². The van der Waals surface area contributed by atoms with Gasteiger partial charge in [0.05, 0.1) is 111 Å². The number of urea groups is 4. The number of rotatable bonds is 18. The van der Waals surface area contributed by atoms with E-state index in [2.05, 4.69) is 91.2 Å². The van der Waals surface area contributed by atoms with E-state index in [1.54, 1.807) is 106 Å². The highest BCUT2D eigenvalue weighted by Gasteiger charge is 2.30. The zero-order valence-corrected chi connectivity index (χ0v) is 77.3. The van der Waals surface area contributed by atoms with Gasteiger partial charge in [-0.2, -0.15) is 20.4 Å². The Morgan fingerprint density at radius 1 is 0.419 bits per heavy atom. The Balaban J connectivity index is 0.000000167. The molecular weight excluding hydrogens is 1780 g/mol. The summed E-state index contributed by atoms with van der Waals surface area (Å²) >= 11 is 36.7. The second-order valence-corrected chi connectivity index (χ2v) is 37.0. The highest BCUT2D eigenvalue weighted by Crippen LogP contribution is 2.37. The van der Waals surface area contributed by atoms with E-state index in [1.165, 1.54) is 27.9 Å². The minimum absolute atomic E-state index is 0.112. The van der Waals surface area contributed by atoms with Gasteiger partial charge in [0.15, 0.2) is 11.6 Å². The SMILES string of the molecule is CC(C)(C)c1cc(NC(=O)Nc2cccc(Cl)c2Cl)n(-c2ccc3c(c2)CCNC3)n1.CC(C)(C)c1cc(NC(=O)Nc2cccc(Cl)c2Cl)n(-c2ccc3c(c2)C[C@@H](C(=O)O)NC3)n1.CC(C)(C)c1cc(NC(=O)Nc2cccc(F)c2F)n(-c2ccc(CC(=O)O)cc2)n1.CC(Cc1cccc(-n2nc(C(C)(C)C)cc2NC(=O)Nc2cccc(Cl)c2Cl)c1)C(=O)O. The number of amides is 8. The monoisotopic (exact) mass is 1870 g/mol. The van der Waals surface area contributed by atoms with Gasteiger partial charge in [-0.15, -0.1) is 0 Å². The van der Waals surface area contributed by atoms with Gasteiger partial charge in [-0.05, 0) is 156 Å². The van der Waals surface area contributed by atoms with Crippen LogP contribution in [0, 0.1) is 17.6 Å². The molecule has 0 bridgehead atoms. The first-order chi connectivity index (χ1) is 60.7. The predicted molar refractivity (Wildman–Crippen MR) is 505 cm³/mol. The smallest absolute Gasteiger partial charge is 0.324 e. The van der Waals surface area contributed by atoms with Crippen LogP contribution >= 0.6 is 69.6 Å². The molecule has 0 saturated heterocycles. The van der Waals surface area contributed by atoms with E-state index in [0.29, 0.717) is 102 Å². The fraction of sp³-hybridized carbons (Fsp3) is 0.280. The summed E-state index contributed by atoms with van der Waals surface area (Å²) in [5.41, 5.74) is 12.0. The second-order valence-electron chi connectivity index (χ2n) is 34.7. The van der Waals surface area contributed by atoms with Crippen LogP contribution in [0.5, 0.6) is 0 Å². The van der Waals surface area contributed by atoms with Crippen molar-refractivity contribution in [3.05, 3.63) is 280 Å². The third kappa shape index (κ3) is 25.6. The molecule has 0 aliphatic carbocycles. The fourth-order valence-corrected chi connectivity index (χ4v) is 14.2. The first-order valence-corrected chi connectivity index (χ1v) is 43.1. The summed E-state index contributed by atoms with van der Waals surface area (Å²) < 4.78 is 33.8. The number of nitrogens with one attached hydrogen (secondary N) is 10. The van der Waals surface area contributed by atoms with Gasteiger partial charge in [0.1, 0.15) is 29.3 Å². The van der Waals surface area contributed by atoms with Crippen LogP contribution in [0.2, 0.25) is 30.1 Å². The van der Waals surface area contributed by atoms with Crippen molar-refractivity contribution >= 4 is 158 Å². The lowest BCUT2D eigenvalue weighted by molar-refractivity contribution is -0.141. The topological polar surface area (TPSA) is 372 Å². The minimum Gasteiger partial charge on any atom is -0.481 e. The summed E-state index contributed by atoms with van der Waals surface area (Å²) in [6.07, 6.45) is 1.60. The molecule has 0 radical (unpaired) electrons. The number of aliphatic carboxylic acids is 3. The highest BCUT2D eigenvalue weighted by molar-refractivity contribution is 6.45. The van der Waals surface area contributed by atoms with Gasteiger partial charge < -0.3 is 47.2 Å². The third-order valence-corrected chi connectivity index (χ3v) is 22.8. The molecule has 1 unspecified atom stereocenters. The fourth-order valence-electron chi connectivity index (χ4n) is 13.2. The van der Waals surface area contributed by atoms with Crippen molar-refractivity contribution in [2.24, 2.45) is 5.92 Å². The van der Waals surface area contributed by atoms with E-state index in [1.807, 2.05) is 129 Å². The van der Waals surface area contributed by atoms with Crippen molar-refractivity contribution in [1.29, 1.82) is 0 Å². The minimum atomic E-state index is -1.16. The van der Waals surface area contributed by atoms with E-state index in [4.69, 9.17) is 90.0 Å². The Kier molecular flexibility index (Phi) is 31.2. The molecule has 676 valence electrons. The summed E-state index contributed by atoms with van der Waals surface area (Å²) in [6, 6.07) is 49.1. The Morgan fingerprint density at radius 2 is 0.783 bits per heavy atom. The number of hydrogen-bond acceptors (Lipinski definition) is 13. The van der Waals surface area contributed by atoms with Crippen molar-refractivity contribution in [2.45, 2.75) is 156 Å². The van der Waals surface area contributed by atoms with E-state index in [9.17, 15) is 52.6 Å². The first-order valence-electron chi connectivity index (χ1n) is 40.8. The van der Waals surface area contributed by atoms with Crippen molar-refractivity contribution in [3.8, 4) is 22.7 Å². The normalized spacial score (nSPS) is 13.2. The van der Waals surface area contributed by atoms with Gasteiger partial charge in [-0.3, -0.25) is 35.7 Å². The molecule has 6 heterocycles. The van der Waals surface area contributed by atoms with Crippen LogP contribution in [0.15, 0.2) is 182 Å². The maximum atomic E-state index is 13.9. The molecule has 4 aromatic heterocycles. The third-order valence-electron chi connectivity index (χ3n) is 20.3. The lowest BCUT2D eigenvalue weighted by Crippen LogP contribution is -2.41. The van der Waals surface area contributed by atoms with E-state index in [-0.39, 0.29) is 43.8 Å². The molecule has 129 heavy (non-hydrogen) atoms. The molecule has 2 aliphatic heterocycles. The molecule has 0 saturated carbocycles. The average molecular weight is 1880 g/mol. The number of carbonyl (C=O) groups is 7. The van der Waals surface area contributed by atoms with Crippen LogP contribution < -0.4 is 53.2 Å². The number of halogens is 8. The Hall–Kier alpha value is -12.4. The molecule has 14 rings (SSSR count). The number of nitrogens with zero attached hydrogens (tertiary/aromatic N) is 8. The molecule has 8 aromatic carbocycles. The second kappa shape index (κ2) is 41.4. The summed E-state index contributed by atoms with van der Waals surface area (Å²) in [4.78, 5) is 84.3. The molecule has 0 fully saturated rings. The molecule has 0 spiro atoms. The highest BCUT2D eigenvalue weighted by atomic mass is 35.5. The molecule has 12 aromatic rings. The van der Waals surface area contributed by atoms with Crippen molar-refractivity contribution in [3.63, 3.8) is 0 Å². The van der Waals surface area contributed by atoms with E-state index in [0.717, 1.165) is 70.7 Å². The van der Waals surface area contributed by atoms with E-state index >= 15 is 0 Å². The molecule has 8 amide bonds. The zero-order chi connectivity index (χ0) is 93.9. The van der Waals surface area contributed by atoms with Gasteiger partial charge in [0.25, 0.3) is 0 Å². The number of carboxylic acids is 3. The molecule has 2 atom stereocenters. The Bertz CT molecular complexity index is 6190. The van der Waals surface area contributed by atoms with Crippen LogP contribution in [0.25, 0.3) is 22.7 Å². The number of benzene rings is 8. The quantitative estimate of drug-likeness (QED) is 0.0379. The van der Waals surface area contributed by atoms with Gasteiger partial charge in [0, 0.05) is 59.0 Å². The van der Waals surface area contributed by atoms with Gasteiger partial charge in [0.2, 0.25) is 0 Å². The lowest BCUT2D eigenvalue weighted by atomic mass is 9.92. The molecular formula is C93H98Cl6F2N18O10. The van der Waals surface area contributed by atoms with Crippen molar-refractivity contribution < 1.29 is 57.7 Å². The maximum absolute atomic E-state index is 13.9. The zero-order valence-electron chi connectivity index (χ0n) is 72.7. The summed E-state index contributed by atoms with van der Waals surface area (Å²) in [6.45, 7) is 28.3. The number of aromatic nitrogens is 8. The standard InChI is InChI=1S/C24H25Cl2N5O3.C24H26Cl2N4O3.C23H25Cl2N5O.C22H22F2N4O3/c1-24(2,3)19-11-20(29-23(34)28-17-6-4-5-16(25)21(17)26)31(30-19)15-8-7-13-12-27-18(22(32)33)10-14(13)9-15;1-14(22(31)32)11-15-7-5-8-16(12-15)30-20(13-19(29-30)24(2,3)4)28-23(33)27-18-10-6-9-17(25)21(18)26;1-23(2,3)19-12-20(28-22(31)27-18-6-4-5-17(24)21(18)25)30(29-19)16-8-7-15-13-26-10-9-14(15)11-16;1-22(2,3)17-12-18(26-21(31)25-16-6-4-5-15(23)20(16)24)28(27-17)14-9-7-13(8-10-14)11-19(29)30/h4-9,11,18,27H,10,12H2,1-3H3,(H,32,33)(H2,28,29,34);5-10,12-14H,11H2,1-4H3,(H,31,32)(H2,27,28,33);4-8,11-12,26H,9-10,13H2,1-3H3,(H2,27,28,31);4-10,12H,11H2,1-3H3,(H,29,30)(H2,25,26,31)/t18-;;;/m0.../s1. The number of fused-ring (bicyclic) bond motifs is 2. The summed E-state index contributed by atoms with van der Waals surface area (Å²) in [7, 11) is 0. The summed E-state index contributed by atoms with van der Waals surface area (Å²) in [5.74, 6) is -3.62.